The first kappa shape index (κ1) is 17.8. The van der Waals surface area contributed by atoms with Crippen LogP contribution in [0.2, 0.25) is 5.02 Å². The predicted octanol–water partition coefficient (Wildman–Crippen LogP) is 4.28. The molecule has 0 spiro atoms. The summed E-state index contributed by atoms with van der Waals surface area (Å²) in [5.41, 5.74) is 0.979. The van der Waals surface area contributed by atoms with E-state index in [1.165, 1.54) is 0 Å². The fraction of sp³-hybridized carbons (Fsp3) is 0.263. The summed E-state index contributed by atoms with van der Waals surface area (Å²) in [6.07, 6.45) is 3.39. The summed E-state index contributed by atoms with van der Waals surface area (Å²) >= 11 is 7.44. The second kappa shape index (κ2) is 7.50. The Hall–Kier alpha value is -1.98. The smallest absolute Gasteiger partial charge is 0.317 e. The molecule has 130 valence electrons. The molecule has 0 bridgehead atoms. The van der Waals surface area contributed by atoms with Gasteiger partial charge in [0, 0.05) is 9.92 Å². The molecule has 0 unspecified atom stereocenters. The van der Waals surface area contributed by atoms with Crippen molar-refractivity contribution >= 4 is 40.9 Å². The number of rotatable bonds is 6. The topological polar surface area (TPSA) is 55.4 Å². The zero-order valence-corrected chi connectivity index (χ0v) is 15.3. The quantitative estimate of drug-likeness (QED) is 0.605. The number of esters is 1. The van der Waals surface area contributed by atoms with Crippen molar-refractivity contribution in [1.82, 2.24) is 0 Å². The molecule has 1 amide bonds. The van der Waals surface area contributed by atoms with E-state index in [2.05, 4.69) is 5.32 Å². The number of carbonyl (C=O) groups is 2. The van der Waals surface area contributed by atoms with E-state index in [0.717, 1.165) is 29.0 Å². The van der Waals surface area contributed by atoms with Crippen LogP contribution in [0, 0.1) is 0 Å². The lowest BCUT2D eigenvalue weighted by molar-refractivity contribution is -0.150. The van der Waals surface area contributed by atoms with Gasteiger partial charge in [0.25, 0.3) is 5.91 Å². The molecule has 2 aromatic rings. The van der Waals surface area contributed by atoms with Crippen LogP contribution in [0.5, 0.6) is 0 Å². The lowest BCUT2D eigenvalue weighted by Crippen LogP contribution is -2.28. The number of nitrogens with one attached hydrogen (secondary N) is 1. The average molecular weight is 376 g/mol. The fourth-order valence-electron chi connectivity index (χ4n) is 2.71. The lowest BCUT2D eigenvalue weighted by Gasteiger charge is -2.15. The van der Waals surface area contributed by atoms with E-state index in [9.17, 15) is 9.59 Å². The molecule has 0 radical (unpaired) electrons. The molecule has 2 aromatic carbocycles. The summed E-state index contributed by atoms with van der Waals surface area (Å²) in [6.45, 7) is -0.295. The van der Waals surface area contributed by atoms with Gasteiger partial charge in [-0.25, -0.2) is 0 Å². The zero-order valence-electron chi connectivity index (χ0n) is 13.8. The van der Waals surface area contributed by atoms with Crippen LogP contribution in [-0.4, -0.2) is 24.7 Å². The maximum absolute atomic E-state index is 12.5. The molecule has 1 aliphatic carbocycles. The SMILES string of the molecule is CSc1ccccc1NC(=O)COC(=O)C1(c2ccc(Cl)cc2)CC1. The molecule has 0 aromatic heterocycles. The third-order valence-electron chi connectivity index (χ3n) is 4.25. The summed E-state index contributed by atoms with van der Waals surface area (Å²) in [5.74, 6) is -0.704. The van der Waals surface area contributed by atoms with Gasteiger partial charge in [0.05, 0.1) is 11.1 Å². The van der Waals surface area contributed by atoms with Crippen molar-refractivity contribution in [2.24, 2.45) is 0 Å². The Morgan fingerprint density at radius 2 is 1.84 bits per heavy atom. The van der Waals surface area contributed by atoms with Gasteiger partial charge >= 0.3 is 5.97 Å². The van der Waals surface area contributed by atoms with Crippen LogP contribution in [0.25, 0.3) is 0 Å². The van der Waals surface area contributed by atoms with Crippen LogP contribution in [0.3, 0.4) is 0 Å². The average Bonchev–Trinajstić information content (AvgIpc) is 3.42. The first-order valence-electron chi connectivity index (χ1n) is 7.91. The van der Waals surface area contributed by atoms with Gasteiger partial charge in [-0.3, -0.25) is 9.59 Å². The van der Waals surface area contributed by atoms with Crippen LogP contribution in [-0.2, 0) is 19.7 Å². The van der Waals surface area contributed by atoms with Crippen LogP contribution < -0.4 is 5.32 Å². The Morgan fingerprint density at radius 3 is 2.48 bits per heavy atom. The van der Waals surface area contributed by atoms with Gasteiger partial charge in [0.1, 0.15) is 0 Å². The van der Waals surface area contributed by atoms with Gasteiger partial charge in [-0.15, -0.1) is 11.8 Å². The standard InChI is InChI=1S/C19H18ClNO3S/c1-25-16-5-3-2-4-15(16)21-17(22)12-24-18(23)19(10-11-19)13-6-8-14(20)9-7-13/h2-9H,10-12H2,1H3,(H,21,22). The second-order valence-corrected chi connectivity index (χ2v) is 7.20. The van der Waals surface area contributed by atoms with Crippen LogP contribution in [0.1, 0.15) is 18.4 Å². The normalized spacial score (nSPS) is 14.6. The minimum absolute atomic E-state index is 0.295. The van der Waals surface area contributed by atoms with Gasteiger partial charge in [-0.1, -0.05) is 35.9 Å². The molecule has 1 saturated carbocycles. The van der Waals surface area contributed by atoms with E-state index < -0.39 is 5.41 Å². The highest BCUT2D eigenvalue weighted by atomic mass is 35.5. The summed E-state index contributed by atoms with van der Waals surface area (Å²) in [7, 11) is 0. The molecular weight excluding hydrogens is 358 g/mol. The Morgan fingerprint density at radius 1 is 1.16 bits per heavy atom. The number of anilines is 1. The first-order valence-corrected chi connectivity index (χ1v) is 9.51. The largest absolute Gasteiger partial charge is 0.455 e. The highest BCUT2D eigenvalue weighted by Crippen LogP contribution is 2.49. The molecule has 0 aliphatic heterocycles. The molecule has 6 heteroatoms. The van der Waals surface area contributed by atoms with Crippen molar-refractivity contribution in [1.29, 1.82) is 0 Å². The molecule has 1 aliphatic rings. The molecule has 25 heavy (non-hydrogen) atoms. The fourth-order valence-corrected chi connectivity index (χ4v) is 3.39. The van der Waals surface area contributed by atoms with Crippen molar-refractivity contribution in [3.63, 3.8) is 0 Å². The Bertz CT molecular complexity index is 788. The van der Waals surface area contributed by atoms with Crippen LogP contribution in [0.15, 0.2) is 53.4 Å². The number of para-hydroxylation sites is 1. The molecule has 1 fully saturated rings. The number of hydrogen-bond acceptors (Lipinski definition) is 4. The van der Waals surface area contributed by atoms with E-state index in [4.69, 9.17) is 16.3 Å². The number of hydrogen-bond donors (Lipinski definition) is 1. The Labute approximate surface area is 155 Å². The summed E-state index contributed by atoms with van der Waals surface area (Å²) in [5, 5.41) is 3.41. The number of halogens is 1. The zero-order chi connectivity index (χ0) is 17.9. The molecular formula is C19H18ClNO3S. The Kier molecular flexibility index (Phi) is 5.35. The van der Waals surface area contributed by atoms with Gasteiger partial charge < -0.3 is 10.1 Å². The van der Waals surface area contributed by atoms with Crippen molar-refractivity contribution in [3.05, 3.63) is 59.1 Å². The molecule has 0 heterocycles. The molecule has 0 saturated heterocycles. The van der Waals surface area contributed by atoms with Crippen LogP contribution >= 0.6 is 23.4 Å². The van der Waals surface area contributed by atoms with Crippen molar-refractivity contribution in [2.75, 3.05) is 18.2 Å². The number of carbonyl (C=O) groups excluding carboxylic acids is 2. The highest BCUT2D eigenvalue weighted by molar-refractivity contribution is 7.98. The van der Waals surface area contributed by atoms with Crippen molar-refractivity contribution in [2.45, 2.75) is 23.2 Å². The van der Waals surface area contributed by atoms with E-state index in [0.29, 0.717) is 5.02 Å². The number of thioether (sulfide) groups is 1. The van der Waals surface area contributed by atoms with Gasteiger partial charge in [-0.2, -0.15) is 0 Å². The Balaban J connectivity index is 1.59. The van der Waals surface area contributed by atoms with Crippen molar-refractivity contribution in [3.8, 4) is 0 Å². The van der Waals surface area contributed by atoms with Gasteiger partial charge in [0.2, 0.25) is 0 Å². The monoisotopic (exact) mass is 375 g/mol. The number of benzene rings is 2. The number of ether oxygens (including phenoxy) is 1. The molecule has 0 atom stereocenters. The predicted molar refractivity (Wildman–Crippen MR) is 100 cm³/mol. The van der Waals surface area contributed by atoms with E-state index >= 15 is 0 Å². The van der Waals surface area contributed by atoms with E-state index in [-0.39, 0.29) is 18.5 Å². The number of amides is 1. The summed E-state index contributed by atoms with van der Waals surface area (Å²) < 4.78 is 5.27. The van der Waals surface area contributed by atoms with E-state index in [1.807, 2.05) is 42.7 Å². The lowest BCUT2D eigenvalue weighted by atomic mass is 9.96. The summed E-state index contributed by atoms with van der Waals surface area (Å²) in [6, 6.07) is 14.7. The minimum Gasteiger partial charge on any atom is -0.455 e. The summed E-state index contributed by atoms with van der Waals surface area (Å²) in [4.78, 5) is 25.5. The first-order chi connectivity index (χ1) is 12.0. The van der Waals surface area contributed by atoms with Gasteiger partial charge in [0.15, 0.2) is 6.61 Å². The van der Waals surface area contributed by atoms with Crippen LogP contribution in [0.4, 0.5) is 5.69 Å². The minimum atomic E-state index is -0.623. The maximum Gasteiger partial charge on any atom is 0.317 e. The molecule has 4 nitrogen and oxygen atoms in total. The van der Waals surface area contributed by atoms with Gasteiger partial charge in [-0.05, 0) is 48.9 Å². The highest BCUT2D eigenvalue weighted by Gasteiger charge is 2.52. The second-order valence-electron chi connectivity index (χ2n) is 5.91. The van der Waals surface area contributed by atoms with Crippen molar-refractivity contribution < 1.29 is 14.3 Å². The molecule has 3 rings (SSSR count). The molecule has 1 N–H and O–H groups in total. The van der Waals surface area contributed by atoms with E-state index in [1.54, 1.807) is 23.9 Å². The third kappa shape index (κ3) is 3.99. The maximum atomic E-state index is 12.5. The third-order valence-corrected chi connectivity index (χ3v) is 5.30.